The van der Waals surface area contributed by atoms with Crippen LogP contribution in [0.4, 0.5) is 0 Å². The van der Waals surface area contributed by atoms with Crippen molar-refractivity contribution in [1.82, 2.24) is 21.3 Å². The number of hydrogen-bond donors (Lipinski definition) is 6. The van der Waals surface area contributed by atoms with Crippen molar-refractivity contribution >= 4 is 41.4 Å². The van der Waals surface area contributed by atoms with Gasteiger partial charge in [-0.15, -0.1) is 0 Å². The molecule has 4 atom stereocenters. The van der Waals surface area contributed by atoms with Gasteiger partial charge in [0.15, 0.2) is 0 Å². The number of aliphatic carboxylic acids is 1. The first-order chi connectivity index (χ1) is 17.2. The molecule has 0 aromatic heterocycles. The van der Waals surface area contributed by atoms with Gasteiger partial charge in [0.05, 0.1) is 6.04 Å². The molecule has 11 nitrogen and oxygen atoms in total. The molecular weight excluding hydrogens is 486 g/mol. The number of thioether (sulfide) groups is 1. The normalized spacial score (nSPS) is 17.4. The number of carboxylic acid groups (broad SMARTS) is 1. The SMILES string of the molecule is CSCCC(NC(=O)C(Cc1ccccc1)NC(=O)C(CCC(N)=O)NC(=O)C1CCCN1)C(=O)O. The fraction of sp³-hybridized carbons (Fsp3) is 0.542. The van der Waals surface area contributed by atoms with Gasteiger partial charge < -0.3 is 32.1 Å². The highest BCUT2D eigenvalue weighted by Crippen LogP contribution is 2.09. The molecule has 0 aliphatic carbocycles. The second kappa shape index (κ2) is 15.1. The molecule has 0 radical (unpaired) electrons. The smallest absolute Gasteiger partial charge is 0.326 e. The van der Waals surface area contributed by atoms with Crippen molar-refractivity contribution in [3.63, 3.8) is 0 Å². The van der Waals surface area contributed by atoms with Crippen molar-refractivity contribution in [3.8, 4) is 0 Å². The van der Waals surface area contributed by atoms with E-state index in [-0.39, 0.29) is 31.6 Å². The van der Waals surface area contributed by atoms with E-state index in [0.717, 1.165) is 12.0 Å². The Labute approximate surface area is 214 Å². The Morgan fingerprint density at radius 1 is 1.03 bits per heavy atom. The summed E-state index contributed by atoms with van der Waals surface area (Å²) < 4.78 is 0. The van der Waals surface area contributed by atoms with Gasteiger partial charge >= 0.3 is 5.97 Å². The summed E-state index contributed by atoms with van der Waals surface area (Å²) in [6, 6.07) is 5.21. The van der Waals surface area contributed by atoms with E-state index in [1.807, 2.05) is 12.3 Å². The van der Waals surface area contributed by atoms with Crippen LogP contribution < -0.4 is 27.0 Å². The number of benzene rings is 1. The third-order valence-electron chi connectivity index (χ3n) is 5.83. The average Bonchev–Trinajstić information content (AvgIpc) is 3.39. The fourth-order valence-corrected chi connectivity index (χ4v) is 4.30. The van der Waals surface area contributed by atoms with Gasteiger partial charge in [0.25, 0.3) is 0 Å². The van der Waals surface area contributed by atoms with Crippen molar-refractivity contribution < 1.29 is 29.1 Å². The van der Waals surface area contributed by atoms with Crippen molar-refractivity contribution in [2.75, 3.05) is 18.6 Å². The minimum absolute atomic E-state index is 0.0369. The third kappa shape index (κ3) is 9.86. The van der Waals surface area contributed by atoms with Gasteiger partial charge in [0.1, 0.15) is 18.1 Å². The maximum atomic E-state index is 13.2. The van der Waals surface area contributed by atoms with E-state index in [2.05, 4.69) is 21.3 Å². The number of rotatable bonds is 15. The minimum atomic E-state index is -1.17. The van der Waals surface area contributed by atoms with Crippen molar-refractivity contribution in [3.05, 3.63) is 35.9 Å². The van der Waals surface area contributed by atoms with Crippen LogP contribution in [0.2, 0.25) is 0 Å². The van der Waals surface area contributed by atoms with Crippen LogP contribution in [-0.4, -0.2) is 77.4 Å². The topological polar surface area (TPSA) is 180 Å². The molecule has 4 unspecified atom stereocenters. The molecule has 1 aliphatic heterocycles. The third-order valence-corrected chi connectivity index (χ3v) is 6.47. The van der Waals surface area contributed by atoms with E-state index in [0.29, 0.717) is 18.7 Å². The van der Waals surface area contributed by atoms with Gasteiger partial charge in [-0.2, -0.15) is 11.8 Å². The molecule has 1 saturated heterocycles. The number of primary amides is 1. The van der Waals surface area contributed by atoms with Crippen LogP contribution in [0.1, 0.15) is 37.7 Å². The zero-order valence-corrected chi connectivity index (χ0v) is 21.1. The number of carbonyl (C=O) groups excluding carboxylic acids is 4. The quantitative estimate of drug-likeness (QED) is 0.179. The van der Waals surface area contributed by atoms with Crippen molar-refractivity contribution in [2.45, 2.75) is 62.7 Å². The van der Waals surface area contributed by atoms with E-state index >= 15 is 0 Å². The molecule has 1 heterocycles. The molecule has 1 aliphatic rings. The zero-order valence-electron chi connectivity index (χ0n) is 20.3. The van der Waals surface area contributed by atoms with Crippen molar-refractivity contribution in [2.24, 2.45) is 5.73 Å². The molecule has 1 aromatic carbocycles. The number of carbonyl (C=O) groups is 5. The van der Waals surface area contributed by atoms with Crippen LogP contribution in [0, 0.1) is 0 Å². The largest absolute Gasteiger partial charge is 0.480 e. The predicted molar refractivity (Wildman–Crippen MR) is 136 cm³/mol. The first-order valence-electron chi connectivity index (χ1n) is 11.9. The standard InChI is InChI=1S/C24H35N5O6S/c1-36-13-11-18(24(34)35)28-23(33)19(14-15-6-3-2-4-7-15)29-22(32)17(9-10-20(25)30)27-21(31)16-8-5-12-26-16/h2-4,6-7,16-19,26H,5,8-14H2,1H3,(H2,25,30)(H,27,31)(H,28,33)(H,29,32)(H,34,35). The van der Waals surface area contributed by atoms with E-state index in [1.54, 1.807) is 24.3 Å². The van der Waals surface area contributed by atoms with Gasteiger partial charge in [-0.1, -0.05) is 30.3 Å². The summed E-state index contributed by atoms with van der Waals surface area (Å²) in [5.41, 5.74) is 6.00. The Balaban J connectivity index is 2.19. The lowest BCUT2D eigenvalue weighted by molar-refractivity contribution is -0.142. The van der Waals surface area contributed by atoms with Gasteiger partial charge in [-0.25, -0.2) is 4.79 Å². The molecular formula is C24H35N5O6S. The first-order valence-corrected chi connectivity index (χ1v) is 13.3. The molecule has 0 saturated carbocycles. The van der Waals surface area contributed by atoms with Crippen molar-refractivity contribution in [1.29, 1.82) is 0 Å². The number of nitrogens with two attached hydrogens (primary N) is 1. The van der Waals surface area contributed by atoms with Crippen LogP contribution in [0.5, 0.6) is 0 Å². The Morgan fingerprint density at radius 3 is 2.28 bits per heavy atom. The average molecular weight is 522 g/mol. The lowest BCUT2D eigenvalue weighted by Gasteiger charge is -2.25. The molecule has 36 heavy (non-hydrogen) atoms. The molecule has 0 spiro atoms. The van der Waals surface area contributed by atoms with Gasteiger partial charge in [0.2, 0.25) is 23.6 Å². The summed E-state index contributed by atoms with van der Waals surface area (Å²) in [6.07, 6.45) is 3.44. The monoisotopic (exact) mass is 521 g/mol. The summed E-state index contributed by atoms with van der Waals surface area (Å²) in [6.45, 7) is 0.691. The van der Waals surface area contributed by atoms with E-state index in [1.165, 1.54) is 11.8 Å². The number of carboxylic acids is 1. The second-order valence-corrected chi connectivity index (χ2v) is 9.63. The maximum absolute atomic E-state index is 13.2. The van der Waals surface area contributed by atoms with E-state index in [4.69, 9.17) is 5.73 Å². The Bertz CT molecular complexity index is 910. The maximum Gasteiger partial charge on any atom is 0.326 e. The van der Waals surface area contributed by atoms with Gasteiger partial charge in [-0.3, -0.25) is 19.2 Å². The van der Waals surface area contributed by atoms with Crippen LogP contribution in [0.25, 0.3) is 0 Å². The lowest BCUT2D eigenvalue weighted by atomic mass is 10.0. The molecule has 198 valence electrons. The summed E-state index contributed by atoms with van der Waals surface area (Å²) in [4.78, 5) is 61.9. The number of amides is 4. The fourth-order valence-electron chi connectivity index (χ4n) is 3.83. The predicted octanol–water partition coefficient (Wildman–Crippen LogP) is -0.461. The molecule has 1 aromatic rings. The van der Waals surface area contributed by atoms with Crippen LogP contribution in [-0.2, 0) is 30.4 Å². The molecule has 0 bridgehead atoms. The van der Waals surface area contributed by atoms with E-state index < -0.39 is 47.9 Å². The highest BCUT2D eigenvalue weighted by molar-refractivity contribution is 7.98. The zero-order chi connectivity index (χ0) is 26.5. The van der Waals surface area contributed by atoms with Crippen LogP contribution in [0.3, 0.4) is 0 Å². The highest BCUT2D eigenvalue weighted by atomic mass is 32.2. The molecule has 12 heteroatoms. The lowest BCUT2D eigenvalue weighted by Crippen LogP contribution is -2.57. The Morgan fingerprint density at radius 2 is 1.69 bits per heavy atom. The molecule has 2 rings (SSSR count). The minimum Gasteiger partial charge on any atom is -0.480 e. The summed E-state index contributed by atoms with van der Waals surface area (Å²) in [5.74, 6) is -2.95. The highest BCUT2D eigenvalue weighted by Gasteiger charge is 2.31. The van der Waals surface area contributed by atoms with Crippen LogP contribution in [0.15, 0.2) is 30.3 Å². The number of nitrogens with one attached hydrogen (secondary N) is 4. The molecule has 1 fully saturated rings. The molecule has 4 amide bonds. The Kier molecular flexibility index (Phi) is 12.2. The van der Waals surface area contributed by atoms with E-state index in [9.17, 15) is 29.1 Å². The number of hydrogen-bond acceptors (Lipinski definition) is 7. The summed E-state index contributed by atoms with van der Waals surface area (Å²) >= 11 is 1.46. The second-order valence-electron chi connectivity index (χ2n) is 8.65. The first kappa shape index (κ1) is 29.1. The summed E-state index contributed by atoms with van der Waals surface area (Å²) in [7, 11) is 0. The van der Waals surface area contributed by atoms with Crippen LogP contribution >= 0.6 is 11.8 Å². The van der Waals surface area contributed by atoms with Gasteiger partial charge in [-0.05, 0) is 49.8 Å². The molecule has 7 N–H and O–H groups in total. The van der Waals surface area contributed by atoms with Gasteiger partial charge in [0, 0.05) is 12.8 Å². The Hall–Kier alpha value is -3.12. The summed E-state index contributed by atoms with van der Waals surface area (Å²) in [5, 5.41) is 20.4.